The van der Waals surface area contributed by atoms with Gasteiger partial charge in [-0.3, -0.25) is 9.59 Å². The average Bonchev–Trinajstić information content (AvgIpc) is 2.97. The Morgan fingerprint density at radius 1 is 1.09 bits per heavy atom. The van der Waals surface area contributed by atoms with E-state index in [-0.39, 0.29) is 34.0 Å². The van der Waals surface area contributed by atoms with Crippen LogP contribution in [0.4, 0.5) is 14.5 Å². The van der Waals surface area contributed by atoms with Crippen molar-refractivity contribution < 1.29 is 37.0 Å². The number of hydrogen-bond acceptors (Lipinski definition) is 6. The molecule has 0 spiro atoms. The topological polar surface area (TPSA) is 121 Å². The summed E-state index contributed by atoms with van der Waals surface area (Å²) in [6.07, 6.45) is -0.581. The highest BCUT2D eigenvalue weighted by molar-refractivity contribution is 7.92. The number of amides is 1. The van der Waals surface area contributed by atoms with Gasteiger partial charge in [0.25, 0.3) is 5.91 Å². The molecule has 2 aliphatic carbocycles. The summed E-state index contributed by atoms with van der Waals surface area (Å²) in [5.41, 5.74) is -1.74. The second-order valence-corrected chi connectivity index (χ2v) is 11.8. The van der Waals surface area contributed by atoms with E-state index in [1.165, 1.54) is 19.1 Å². The van der Waals surface area contributed by atoms with Crippen LogP contribution in [0.2, 0.25) is 5.02 Å². The van der Waals surface area contributed by atoms with Crippen molar-refractivity contribution in [1.82, 2.24) is 0 Å². The predicted molar refractivity (Wildman–Crippen MR) is 124 cm³/mol. The summed E-state index contributed by atoms with van der Waals surface area (Å²) in [5, 5.41) is 22.8. The van der Waals surface area contributed by atoms with Crippen LogP contribution in [0.5, 0.6) is 0 Å². The molecular formula is C24H24ClF2NO6S. The summed E-state index contributed by atoms with van der Waals surface area (Å²) in [7, 11) is -4.06. The number of aliphatic hydroxyl groups excluding tert-OH is 1. The minimum Gasteiger partial charge on any atom is -0.386 e. The van der Waals surface area contributed by atoms with Crippen molar-refractivity contribution >= 4 is 38.8 Å². The maximum atomic E-state index is 13.5. The lowest BCUT2D eigenvalue weighted by molar-refractivity contribution is -0.162. The maximum Gasteiger partial charge on any atom is 0.255 e. The molecule has 0 saturated heterocycles. The minimum absolute atomic E-state index is 0.0135. The highest BCUT2D eigenvalue weighted by Gasteiger charge is 2.60. The number of halogens is 3. The van der Waals surface area contributed by atoms with Crippen LogP contribution in [-0.4, -0.2) is 47.3 Å². The van der Waals surface area contributed by atoms with Crippen molar-refractivity contribution in [3.63, 3.8) is 0 Å². The van der Waals surface area contributed by atoms with Crippen LogP contribution in [0.15, 0.2) is 41.3 Å². The molecule has 35 heavy (non-hydrogen) atoms. The van der Waals surface area contributed by atoms with Gasteiger partial charge in [0.15, 0.2) is 27.3 Å². The zero-order chi connectivity index (χ0) is 25.7. The highest BCUT2D eigenvalue weighted by Crippen LogP contribution is 2.53. The molecule has 5 atom stereocenters. The SMILES string of the molecule is CC(=O)[C@@H](O)C1(O)C2CC[C@H]1CC(S(=O)(=O)c1cc(C(=O)Nc3ccc(F)c(F)c3)ccc1Cl)C2. The Balaban J connectivity index is 1.59. The van der Waals surface area contributed by atoms with E-state index in [0.717, 1.165) is 24.3 Å². The van der Waals surface area contributed by atoms with E-state index in [4.69, 9.17) is 11.6 Å². The number of fused-ring (bicyclic) bond motifs is 2. The molecule has 188 valence electrons. The second kappa shape index (κ2) is 9.24. The first-order chi connectivity index (χ1) is 16.4. The molecule has 1 amide bonds. The van der Waals surface area contributed by atoms with Gasteiger partial charge in [-0.15, -0.1) is 0 Å². The lowest BCUT2D eigenvalue weighted by Crippen LogP contribution is -2.57. The summed E-state index contributed by atoms with van der Waals surface area (Å²) < 4.78 is 53.7. The molecule has 2 aromatic rings. The number of Topliss-reactive ketones (excluding diaryl/α,β-unsaturated/α-hetero) is 1. The van der Waals surface area contributed by atoms with Crippen molar-refractivity contribution in [2.75, 3.05) is 5.32 Å². The molecule has 2 fully saturated rings. The first kappa shape index (κ1) is 25.7. The average molecular weight is 528 g/mol. The lowest BCUT2D eigenvalue weighted by Gasteiger charge is -2.44. The zero-order valence-electron chi connectivity index (χ0n) is 18.7. The van der Waals surface area contributed by atoms with E-state index < -0.39 is 62.0 Å². The quantitative estimate of drug-likeness (QED) is 0.528. The Hall–Kier alpha value is -2.40. The molecular weight excluding hydrogens is 504 g/mol. The van der Waals surface area contributed by atoms with Crippen molar-refractivity contribution in [3.05, 3.63) is 58.6 Å². The fourth-order valence-corrected chi connectivity index (χ4v) is 7.79. The van der Waals surface area contributed by atoms with Gasteiger partial charge >= 0.3 is 0 Å². The first-order valence-corrected chi connectivity index (χ1v) is 13.0. The van der Waals surface area contributed by atoms with Crippen LogP contribution in [0.25, 0.3) is 0 Å². The summed E-state index contributed by atoms with van der Waals surface area (Å²) in [4.78, 5) is 24.1. The van der Waals surface area contributed by atoms with Crippen LogP contribution < -0.4 is 5.32 Å². The van der Waals surface area contributed by atoms with Crippen molar-refractivity contribution in [1.29, 1.82) is 0 Å². The smallest absolute Gasteiger partial charge is 0.255 e. The van der Waals surface area contributed by atoms with Crippen LogP contribution in [-0.2, 0) is 14.6 Å². The fraction of sp³-hybridized carbons (Fsp3) is 0.417. The van der Waals surface area contributed by atoms with Crippen LogP contribution in [0.3, 0.4) is 0 Å². The molecule has 0 aromatic heterocycles. The highest BCUT2D eigenvalue weighted by atomic mass is 35.5. The van der Waals surface area contributed by atoms with Crippen molar-refractivity contribution in [2.45, 2.75) is 54.5 Å². The molecule has 3 unspecified atom stereocenters. The molecule has 11 heteroatoms. The largest absolute Gasteiger partial charge is 0.386 e. The van der Waals surface area contributed by atoms with Gasteiger partial charge in [-0.1, -0.05) is 11.6 Å². The maximum absolute atomic E-state index is 13.5. The number of rotatable bonds is 6. The van der Waals surface area contributed by atoms with Gasteiger partial charge in [0, 0.05) is 17.3 Å². The second-order valence-electron chi connectivity index (χ2n) is 9.24. The molecule has 0 aliphatic heterocycles. The molecule has 2 bridgehead atoms. The summed E-state index contributed by atoms with van der Waals surface area (Å²) in [6, 6.07) is 6.52. The molecule has 2 aliphatic rings. The summed E-state index contributed by atoms with van der Waals surface area (Å²) >= 11 is 6.20. The number of carbonyl (C=O) groups is 2. The van der Waals surface area contributed by atoms with Gasteiger partial charge in [-0.05, 0) is 74.8 Å². The van der Waals surface area contributed by atoms with Crippen LogP contribution >= 0.6 is 11.6 Å². The molecule has 0 radical (unpaired) electrons. The number of sulfone groups is 1. The van der Waals surface area contributed by atoms with Gasteiger partial charge in [0.2, 0.25) is 0 Å². The third-order valence-corrected chi connectivity index (χ3v) is 9.86. The van der Waals surface area contributed by atoms with E-state index in [1.54, 1.807) is 0 Å². The Morgan fingerprint density at radius 2 is 1.71 bits per heavy atom. The molecule has 3 N–H and O–H groups in total. The number of anilines is 1. The van der Waals surface area contributed by atoms with Gasteiger partial charge in [-0.25, -0.2) is 17.2 Å². The standard InChI is InChI=1S/C24H24ClF2NO6S/c1-12(29)22(30)24(32)14-3-4-15(24)10-17(9-14)35(33,34)21-8-13(2-6-18(21)25)23(31)28-16-5-7-19(26)20(27)11-16/h2,5-8,11,14-15,17,22,30,32H,3-4,9-10H2,1H3,(H,28,31)/t14-,15?,17?,22+,24?/m0/s1. The van der Waals surface area contributed by atoms with E-state index >= 15 is 0 Å². The van der Waals surface area contributed by atoms with Crippen LogP contribution in [0.1, 0.15) is 43.0 Å². The van der Waals surface area contributed by atoms with Crippen molar-refractivity contribution in [3.8, 4) is 0 Å². The van der Waals surface area contributed by atoms with Gasteiger partial charge in [0.05, 0.1) is 15.2 Å². The zero-order valence-corrected chi connectivity index (χ0v) is 20.2. The number of carbonyl (C=O) groups excluding carboxylic acids is 2. The fourth-order valence-electron chi connectivity index (χ4n) is 5.39. The Labute approximate surface area is 206 Å². The normalized spacial score (nSPS) is 26.9. The number of nitrogens with one attached hydrogen (secondary N) is 1. The molecule has 4 rings (SSSR count). The Morgan fingerprint density at radius 3 is 2.29 bits per heavy atom. The van der Waals surface area contributed by atoms with E-state index in [0.29, 0.717) is 12.8 Å². The van der Waals surface area contributed by atoms with E-state index in [1.807, 2.05) is 0 Å². The third-order valence-electron chi connectivity index (χ3n) is 7.21. The van der Waals surface area contributed by atoms with Gasteiger partial charge in [-0.2, -0.15) is 0 Å². The van der Waals surface area contributed by atoms with Crippen LogP contribution in [0, 0.1) is 23.5 Å². The molecule has 2 saturated carbocycles. The molecule has 7 nitrogen and oxygen atoms in total. The summed E-state index contributed by atoms with van der Waals surface area (Å²) in [5.74, 6) is -4.71. The number of aliphatic hydroxyl groups is 2. The summed E-state index contributed by atoms with van der Waals surface area (Å²) in [6.45, 7) is 1.18. The Bertz CT molecular complexity index is 1290. The number of hydrogen-bond donors (Lipinski definition) is 3. The van der Waals surface area contributed by atoms with Gasteiger partial charge in [0.1, 0.15) is 11.7 Å². The predicted octanol–water partition coefficient (Wildman–Crippen LogP) is 3.51. The third kappa shape index (κ3) is 4.48. The van der Waals surface area contributed by atoms with E-state index in [2.05, 4.69) is 5.32 Å². The van der Waals surface area contributed by atoms with Crippen molar-refractivity contribution in [2.24, 2.45) is 11.8 Å². The molecule has 2 aromatic carbocycles. The monoisotopic (exact) mass is 527 g/mol. The number of ketones is 1. The van der Waals surface area contributed by atoms with Gasteiger partial charge < -0.3 is 15.5 Å². The minimum atomic E-state index is -4.06. The van der Waals surface area contributed by atoms with E-state index in [9.17, 15) is 37.0 Å². The first-order valence-electron chi connectivity index (χ1n) is 11.1. The number of benzene rings is 2. The Kier molecular flexibility index (Phi) is 6.78. The molecule has 0 heterocycles. The lowest BCUT2D eigenvalue weighted by atomic mass is 9.70.